The molecule has 2 atom stereocenters. The van der Waals surface area contributed by atoms with Gasteiger partial charge in [0, 0.05) is 6.54 Å². The zero-order chi connectivity index (χ0) is 25.8. The zero-order valence-electron chi connectivity index (χ0n) is 20.0. The van der Waals surface area contributed by atoms with Gasteiger partial charge in [-0.15, -0.1) is 0 Å². The molecule has 3 aromatic carbocycles. The summed E-state index contributed by atoms with van der Waals surface area (Å²) in [4.78, 5) is 29.4. The summed E-state index contributed by atoms with van der Waals surface area (Å²) in [6, 6.07) is 23.8. The number of benzene rings is 3. The average Bonchev–Trinajstić information content (AvgIpc) is 3.59. The number of fused-ring (bicyclic) bond motifs is 5. The van der Waals surface area contributed by atoms with Gasteiger partial charge in [-0.1, -0.05) is 72.3 Å². The fourth-order valence-electron chi connectivity index (χ4n) is 5.84. The van der Waals surface area contributed by atoms with Crippen LogP contribution in [-0.4, -0.2) is 31.6 Å². The van der Waals surface area contributed by atoms with Gasteiger partial charge in [-0.2, -0.15) is 5.26 Å². The molecule has 8 heteroatoms. The number of aromatic nitrogens is 2. The van der Waals surface area contributed by atoms with Crippen molar-refractivity contribution in [2.45, 2.75) is 31.3 Å². The van der Waals surface area contributed by atoms with Gasteiger partial charge in [-0.25, -0.2) is 9.36 Å². The molecule has 1 aromatic heterocycles. The maximum Gasteiger partial charge on any atom is 0.336 e. The van der Waals surface area contributed by atoms with Crippen LogP contribution in [-0.2, 0) is 4.79 Å². The molecule has 1 saturated heterocycles. The summed E-state index contributed by atoms with van der Waals surface area (Å²) in [6.07, 6.45) is 0.578. The van der Waals surface area contributed by atoms with Crippen molar-refractivity contribution in [2.75, 3.05) is 6.54 Å². The molecule has 0 radical (unpaired) electrons. The van der Waals surface area contributed by atoms with Crippen LogP contribution in [0.25, 0.3) is 5.69 Å². The largest absolute Gasteiger partial charge is 0.493 e. The summed E-state index contributed by atoms with van der Waals surface area (Å²) in [6.45, 7) is 2.10. The Kier molecular flexibility index (Phi) is 5.43. The number of carbonyl (C=O) groups excluding carboxylic acids is 1. The van der Waals surface area contributed by atoms with Crippen LogP contribution in [0.3, 0.4) is 0 Å². The van der Waals surface area contributed by atoms with Crippen LogP contribution >= 0.6 is 11.6 Å². The van der Waals surface area contributed by atoms with Crippen LogP contribution in [0, 0.1) is 18.3 Å². The smallest absolute Gasteiger partial charge is 0.336 e. The highest BCUT2D eigenvalue weighted by Crippen LogP contribution is 2.50. The minimum atomic E-state index is -0.495. The van der Waals surface area contributed by atoms with Crippen LogP contribution in [0.15, 0.2) is 77.6 Å². The molecule has 7 nitrogen and oxygen atoms in total. The van der Waals surface area contributed by atoms with Gasteiger partial charge in [0.05, 0.1) is 34.3 Å². The summed E-state index contributed by atoms with van der Waals surface area (Å²) in [5.74, 6) is -0.756. The van der Waals surface area contributed by atoms with E-state index < -0.39 is 12.0 Å². The summed E-state index contributed by atoms with van der Waals surface area (Å²) < 4.78 is 2.84. The van der Waals surface area contributed by atoms with Gasteiger partial charge in [0.2, 0.25) is 11.8 Å². The van der Waals surface area contributed by atoms with Crippen LogP contribution < -0.4 is 5.69 Å². The maximum absolute atomic E-state index is 14.1. The number of nitrogens with zero attached hydrogens (tertiary/aromatic N) is 4. The lowest BCUT2D eigenvalue weighted by Crippen LogP contribution is -2.40. The molecule has 0 aliphatic carbocycles. The second-order valence-electron chi connectivity index (χ2n) is 9.53. The number of imidazole rings is 1. The number of aromatic hydroxyl groups is 1. The Labute approximate surface area is 218 Å². The lowest BCUT2D eigenvalue weighted by atomic mass is 9.89. The topological polar surface area (TPSA) is 91.3 Å². The van der Waals surface area contributed by atoms with Crippen molar-refractivity contribution in [3.8, 4) is 17.6 Å². The normalized spacial score (nSPS) is 17.7. The van der Waals surface area contributed by atoms with Gasteiger partial charge in [0.1, 0.15) is 11.8 Å². The Morgan fingerprint density at radius 1 is 1.05 bits per heavy atom. The minimum Gasteiger partial charge on any atom is -0.493 e. The fourth-order valence-corrected chi connectivity index (χ4v) is 6.05. The van der Waals surface area contributed by atoms with Crippen molar-refractivity contribution in [3.05, 3.63) is 116 Å². The number of nitriles is 1. The molecule has 1 N–H and O–H groups in total. The van der Waals surface area contributed by atoms with Gasteiger partial charge in [-0.3, -0.25) is 9.36 Å². The molecule has 1 fully saturated rings. The molecule has 1 unspecified atom stereocenters. The lowest BCUT2D eigenvalue weighted by Gasteiger charge is -2.31. The second-order valence-corrected chi connectivity index (χ2v) is 9.91. The molecular weight excluding hydrogens is 488 g/mol. The Morgan fingerprint density at radius 2 is 1.68 bits per heavy atom. The van der Waals surface area contributed by atoms with Crippen molar-refractivity contribution >= 4 is 17.5 Å². The van der Waals surface area contributed by atoms with Crippen molar-refractivity contribution < 1.29 is 9.90 Å². The Bertz CT molecular complexity index is 1600. The first-order chi connectivity index (χ1) is 17.9. The Hall–Kier alpha value is -4.28. The van der Waals surface area contributed by atoms with Gasteiger partial charge < -0.3 is 10.0 Å². The van der Waals surface area contributed by atoms with Gasteiger partial charge in [0.25, 0.3) is 0 Å². The highest BCUT2D eigenvalue weighted by Gasteiger charge is 2.50. The molecule has 2 aliphatic heterocycles. The molecule has 2 aliphatic rings. The number of rotatable bonds is 4. The highest BCUT2D eigenvalue weighted by molar-refractivity contribution is 6.32. The first-order valence-corrected chi connectivity index (χ1v) is 12.5. The Balaban J connectivity index is 1.42. The number of hydrogen-bond acceptors (Lipinski definition) is 4. The Morgan fingerprint density at radius 3 is 2.27 bits per heavy atom. The predicted molar refractivity (Wildman–Crippen MR) is 139 cm³/mol. The number of carbonyl (C=O) groups is 1. The first-order valence-electron chi connectivity index (χ1n) is 12.1. The van der Waals surface area contributed by atoms with E-state index in [-0.39, 0.29) is 28.5 Å². The van der Waals surface area contributed by atoms with Crippen LogP contribution in [0.5, 0.6) is 5.88 Å². The standard InChI is InChI=1S/C29H23ClN4O3/c1-17-22(13-12-20(15-31)25(17)30)34-28(36)26-23-14-21(33(26)29(34)37)16-32(23)27(35)24(18-8-4-2-5-9-18)19-10-6-3-7-11-19/h2-13,21,23-24,36H,14,16H2,1H3/t21-,23?/m1/s1. The van der Waals surface area contributed by atoms with Gasteiger partial charge in [-0.05, 0) is 42.2 Å². The second kappa shape index (κ2) is 8.68. The van der Waals surface area contributed by atoms with Crippen LogP contribution in [0.1, 0.15) is 52.4 Å². The zero-order valence-corrected chi connectivity index (χ0v) is 20.8. The third-order valence-corrected chi connectivity index (χ3v) is 8.06. The molecule has 0 saturated carbocycles. The van der Waals surface area contributed by atoms with E-state index in [1.54, 1.807) is 22.5 Å². The molecule has 2 bridgehead atoms. The maximum atomic E-state index is 14.1. The molecular formula is C29H23ClN4O3. The van der Waals surface area contributed by atoms with Crippen molar-refractivity contribution in [1.82, 2.24) is 14.0 Å². The van der Waals surface area contributed by atoms with E-state index in [0.717, 1.165) is 11.1 Å². The van der Waals surface area contributed by atoms with Crippen molar-refractivity contribution in [2.24, 2.45) is 0 Å². The monoisotopic (exact) mass is 510 g/mol. The van der Waals surface area contributed by atoms with E-state index in [2.05, 4.69) is 0 Å². The van der Waals surface area contributed by atoms with Crippen molar-refractivity contribution in [1.29, 1.82) is 5.26 Å². The summed E-state index contributed by atoms with van der Waals surface area (Å²) in [5, 5.41) is 20.8. The number of amides is 1. The third-order valence-electron chi connectivity index (χ3n) is 7.57. The van der Waals surface area contributed by atoms with E-state index in [4.69, 9.17) is 11.6 Å². The van der Waals surface area contributed by atoms with E-state index in [9.17, 15) is 20.0 Å². The minimum absolute atomic E-state index is 0.0617. The molecule has 6 rings (SSSR count). The van der Waals surface area contributed by atoms with E-state index in [1.807, 2.05) is 66.7 Å². The molecule has 3 heterocycles. The van der Waals surface area contributed by atoms with Gasteiger partial charge >= 0.3 is 5.69 Å². The first kappa shape index (κ1) is 23.1. The average molecular weight is 511 g/mol. The van der Waals surface area contributed by atoms with Crippen LogP contribution in [0.4, 0.5) is 0 Å². The molecule has 4 aromatic rings. The number of halogens is 1. The SMILES string of the molecule is Cc1c(-n2c(O)c3n(c2=O)[C@@H]2CC3N(C(=O)C(c3ccccc3)c3ccccc3)C2)ccc(C#N)c1Cl. The predicted octanol–water partition coefficient (Wildman–Crippen LogP) is 4.84. The van der Waals surface area contributed by atoms with Crippen molar-refractivity contribution in [3.63, 3.8) is 0 Å². The summed E-state index contributed by atoms with van der Waals surface area (Å²) in [7, 11) is 0. The lowest BCUT2D eigenvalue weighted by molar-refractivity contribution is -0.133. The highest BCUT2D eigenvalue weighted by atomic mass is 35.5. The van der Waals surface area contributed by atoms with E-state index in [1.165, 1.54) is 10.6 Å². The number of likely N-dealkylation sites (tertiary alicyclic amines) is 1. The van der Waals surface area contributed by atoms with E-state index >= 15 is 0 Å². The molecule has 0 spiro atoms. The number of hydrogen-bond donors (Lipinski definition) is 1. The van der Waals surface area contributed by atoms with Crippen LogP contribution in [0.2, 0.25) is 5.02 Å². The summed E-state index contributed by atoms with van der Waals surface area (Å²) in [5.41, 5.74) is 3.08. The third kappa shape index (κ3) is 3.40. The molecule has 37 heavy (non-hydrogen) atoms. The molecule has 184 valence electrons. The fraction of sp³-hybridized carbons (Fsp3) is 0.207. The molecule has 1 amide bonds. The quantitative estimate of drug-likeness (QED) is 0.425. The van der Waals surface area contributed by atoms with Gasteiger partial charge in [0.15, 0.2) is 0 Å². The van der Waals surface area contributed by atoms with E-state index in [0.29, 0.717) is 35.5 Å². The summed E-state index contributed by atoms with van der Waals surface area (Å²) >= 11 is 6.35.